The number of carbonyl (C=O) groups excluding carboxylic acids is 1. The van der Waals surface area contributed by atoms with E-state index < -0.39 is 5.60 Å². The summed E-state index contributed by atoms with van der Waals surface area (Å²) in [5.41, 5.74) is -0.181. The number of rotatable bonds is 2. The quantitative estimate of drug-likeness (QED) is 0.788. The van der Waals surface area contributed by atoms with E-state index in [1.807, 2.05) is 18.2 Å². The van der Waals surface area contributed by atoms with Crippen molar-refractivity contribution in [3.63, 3.8) is 0 Å². The van der Waals surface area contributed by atoms with Gasteiger partial charge in [-0.05, 0) is 36.8 Å². The first-order valence-corrected chi connectivity index (χ1v) is 8.05. The second kappa shape index (κ2) is 5.70. The second-order valence-electron chi connectivity index (χ2n) is 6.14. The molecule has 126 valence electrons. The highest BCUT2D eigenvalue weighted by Gasteiger charge is 2.50. The molecule has 5 heteroatoms. The fourth-order valence-electron chi connectivity index (χ4n) is 3.27. The molecule has 2 aliphatic rings. The average Bonchev–Trinajstić information content (AvgIpc) is 2.62. The van der Waals surface area contributed by atoms with Crippen LogP contribution in [0.2, 0.25) is 0 Å². The summed E-state index contributed by atoms with van der Waals surface area (Å²) in [5, 5.41) is 22.2. The van der Waals surface area contributed by atoms with Crippen molar-refractivity contribution in [2.45, 2.75) is 18.1 Å². The molecule has 4 rings (SSSR count). The Kier molecular flexibility index (Phi) is 3.50. The van der Waals surface area contributed by atoms with Gasteiger partial charge in [-0.1, -0.05) is 36.4 Å². The Morgan fingerprint density at radius 1 is 0.960 bits per heavy atom. The maximum absolute atomic E-state index is 13.1. The number of hydrogen-bond donors (Lipinski definition) is 3. The summed E-state index contributed by atoms with van der Waals surface area (Å²) in [6, 6.07) is 12.6. The van der Waals surface area contributed by atoms with Crippen molar-refractivity contribution >= 4 is 5.91 Å². The first-order chi connectivity index (χ1) is 12.1. The van der Waals surface area contributed by atoms with Gasteiger partial charge < -0.3 is 20.3 Å². The van der Waals surface area contributed by atoms with Crippen LogP contribution in [0.25, 0.3) is 0 Å². The fourth-order valence-corrected chi connectivity index (χ4v) is 3.27. The molecule has 3 N–H and O–H groups in total. The zero-order chi connectivity index (χ0) is 17.4. The SMILES string of the molecule is O=C1NC2CC=CC=C2OC1(c1ccc(O)cc1)c1ccc(O)cc1. The molecule has 1 heterocycles. The van der Waals surface area contributed by atoms with E-state index in [0.29, 0.717) is 23.3 Å². The predicted molar refractivity (Wildman–Crippen MR) is 91.8 cm³/mol. The molecule has 1 saturated heterocycles. The number of nitrogens with one attached hydrogen (secondary N) is 1. The molecule has 1 unspecified atom stereocenters. The van der Waals surface area contributed by atoms with Crippen LogP contribution < -0.4 is 5.32 Å². The monoisotopic (exact) mass is 335 g/mol. The van der Waals surface area contributed by atoms with E-state index in [0.717, 1.165) is 0 Å². The van der Waals surface area contributed by atoms with E-state index in [9.17, 15) is 15.0 Å². The summed E-state index contributed by atoms with van der Waals surface area (Å²) in [4.78, 5) is 13.1. The number of amides is 1. The van der Waals surface area contributed by atoms with Crippen LogP contribution in [0, 0.1) is 0 Å². The molecule has 0 spiro atoms. The lowest BCUT2D eigenvalue weighted by Crippen LogP contribution is -2.56. The van der Waals surface area contributed by atoms with Gasteiger partial charge in [-0.15, -0.1) is 0 Å². The Morgan fingerprint density at radius 3 is 2.08 bits per heavy atom. The smallest absolute Gasteiger partial charge is 0.274 e. The van der Waals surface area contributed by atoms with Crippen LogP contribution >= 0.6 is 0 Å². The van der Waals surface area contributed by atoms with Gasteiger partial charge in [0, 0.05) is 11.1 Å². The molecule has 2 aromatic carbocycles. The van der Waals surface area contributed by atoms with Gasteiger partial charge in [-0.2, -0.15) is 0 Å². The molecular weight excluding hydrogens is 318 g/mol. The van der Waals surface area contributed by atoms with Crippen molar-refractivity contribution in [2.24, 2.45) is 0 Å². The number of phenolic OH excluding ortho intramolecular Hbond substituents is 2. The number of morpholine rings is 1. The van der Waals surface area contributed by atoms with E-state index in [2.05, 4.69) is 5.32 Å². The number of phenols is 2. The number of allylic oxidation sites excluding steroid dienone is 2. The molecule has 0 bridgehead atoms. The lowest BCUT2D eigenvalue weighted by atomic mass is 9.82. The Morgan fingerprint density at radius 2 is 1.52 bits per heavy atom. The highest BCUT2D eigenvalue weighted by molar-refractivity contribution is 5.92. The highest BCUT2D eigenvalue weighted by atomic mass is 16.5. The molecule has 5 nitrogen and oxygen atoms in total. The van der Waals surface area contributed by atoms with Gasteiger partial charge in [-0.25, -0.2) is 0 Å². The van der Waals surface area contributed by atoms with Crippen molar-refractivity contribution in [3.8, 4) is 11.5 Å². The minimum absolute atomic E-state index is 0.110. The number of ether oxygens (including phenoxy) is 1. The van der Waals surface area contributed by atoms with Crippen LogP contribution in [0.4, 0.5) is 0 Å². The number of carbonyl (C=O) groups is 1. The molecule has 1 aliphatic carbocycles. The van der Waals surface area contributed by atoms with Gasteiger partial charge in [-0.3, -0.25) is 4.79 Å². The molecule has 2 aromatic rings. The Balaban J connectivity index is 1.90. The normalized spacial score (nSPS) is 20.9. The van der Waals surface area contributed by atoms with Gasteiger partial charge >= 0.3 is 0 Å². The summed E-state index contributed by atoms with van der Waals surface area (Å²) in [6.45, 7) is 0. The van der Waals surface area contributed by atoms with Crippen molar-refractivity contribution in [2.75, 3.05) is 0 Å². The minimum atomic E-state index is -1.38. The molecule has 1 atom stereocenters. The van der Waals surface area contributed by atoms with Crippen LogP contribution in [0.1, 0.15) is 17.5 Å². The summed E-state index contributed by atoms with van der Waals surface area (Å²) in [5.74, 6) is 0.626. The molecule has 25 heavy (non-hydrogen) atoms. The summed E-state index contributed by atoms with van der Waals surface area (Å²) in [6.07, 6.45) is 6.41. The minimum Gasteiger partial charge on any atom is -0.508 e. The summed E-state index contributed by atoms with van der Waals surface area (Å²) >= 11 is 0. The standard InChI is InChI=1S/C20H17NO4/c22-15-9-5-13(6-10-15)20(14-7-11-16(23)12-8-14)19(24)21-17-3-1-2-4-18(17)25-20/h1-2,4-12,17,22-23H,3H2,(H,21,24). The third-order valence-electron chi connectivity index (χ3n) is 4.56. The maximum Gasteiger partial charge on any atom is 0.274 e. The molecule has 1 aliphatic heterocycles. The average molecular weight is 335 g/mol. The zero-order valence-electron chi connectivity index (χ0n) is 13.3. The summed E-state index contributed by atoms with van der Waals surface area (Å²) in [7, 11) is 0. The van der Waals surface area contributed by atoms with Crippen molar-refractivity contribution < 1.29 is 19.7 Å². The zero-order valence-corrected chi connectivity index (χ0v) is 13.3. The maximum atomic E-state index is 13.1. The van der Waals surface area contributed by atoms with Gasteiger partial charge in [0.1, 0.15) is 17.3 Å². The molecule has 1 amide bonds. The molecular formula is C20H17NO4. The third kappa shape index (κ3) is 2.45. The Labute approximate surface area is 144 Å². The lowest BCUT2D eigenvalue weighted by Gasteiger charge is -2.42. The lowest BCUT2D eigenvalue weighted by molar-refractivity contribution is -0.145. The van der Waals surface area contributed by atoms with E-state index in [1.54, 1.807) is 24.3 Å². The highest BCUT2D eigenvalue weighted by Crippen LogP contribution is 2.41. The van der Waals surface area contributed by atoms with Crippen molar-refractivity contribution in [1.82, 2.24) is 5.32 Å². The van der Waals surface area contributed by atoms with Crippen LogP contribution in [0.15, 0.2) is 72.5 Å². The molecule has 0 radical (unpaired) electrons. The van der Waals surface area contributed by atoms with Crippen LogP contribution in [0.5, 0.6) is 11.5 Å². The first kappa shape index (κ1) is 15.3. The Hall–Kier alpha value is -3.21. The predicted octanol–water partition coefficient (Wildman–Crippen LogP) is 2.70. The number of benzene rings is 2. The topological polar surface area (TPSA) is 78.8 Å². The largest absolute Gasteiger partial charge is 0.508 e. The van der Waals surface area contributed by atoms with Crippen LogP contribution in [0.3, 0.4) is 0 Å². The van der Waals surface area contributed by atoms with E-state index in [1.165, 1.54) is 24.3 Å². The van der Waals surface area contributed by atoms with Crippen molar-refractivity contribution in [3.05, 3.63) is 83.6 Å². The molecule has 0 saturated carbocycles. The van der Waals surface area contributed by atoms with E-state index in [4.69, 9.17) is 4.74 Å². The third-order valence-corrected chi connectivity index (χ3v) is 4.56. The Bertz CT molecular complexity index is 820. The second-order valence-corrected chi connectivity index (χ2v) is 6.14. The molecule has 0 aromatic heterocycles. The van der Waals surface area contributed by atoms with Crippen LogP contribution in [-0.4, -0.2) is 22.2 Å². The van der Waals surface area contributed by atoms with E-state index in [-0.39, 0.29) is 23.4 Å². The van der Waals surface area contributed by atoms with Crippen LogP contribution in [-0.2, 0) is 15.1 Å². The summed E-state index contributed by atoms with van der Waals surface area (Å²) < 4.78 is 6.28. The van der Waals surface area contributed by atoms with Crippen molar-refractivity contribution in [1.29, 1.82) is 0 Å². The van der Waals surface area contributed by atoms with Gasteiger partial charge in [0.2, 0.25) is 5.60 Å². The number of aromatic hydroxyl groups is 2. The van der Waals surface area contributed by atoms with Gasteiger partial charge in [0.15, 0.2) is 0 Å². The van der Waals surface area contributed by atoms with E-state index >= 15 is 0 Å². The fraction of sp³-hybridized carbons (Fsp3) is 0.150. The van der Waals surface area contributed by atoms with Gasteiger partial charge in [0.05, 0.1) is 6.04 Å². The van der Waals surface area contributed by atoms with Gasteiger partial charge in [0.25, 0.3) is 5.91 Å². The number of hydrogen-bond acceptors (Lipinski definition) is 4. The number of fused-ring (bicyclic) bond motifs is 1. The molecule has 1 fully saturated rings. The first-order valence-electron chi connectivity index (χ1n) is 8.05.